The second-order valence-corrected chi connectivity index (χ2v) is 7.10. The summed E-state index contributed by atoms with van der Waals surface area (Å²) >= 11 is 0. The van der Waals surface area contributed by atoms with Crippen LogP contribution in [0.4, 0.5) is 4.39 Å². The Hall–Kier alpha value is -2.73. The van der Waals surface area contributed by atoms with Crippen LogP contribution in [-0.4, -0.2) is 47.8 Å². The number of benzene rings is 2. The summed E-state index contributed by atoms with van der Waals surface area (Å²) in [5.74, 6) is -0.272. The molecule has 1 N–H and O–H groups in total. The van der Waals surface area contributed by atoms with E-state index in [9.17, 15) is 14.0 Å². The van der Waals surface area contributed by atoms with Gasteiger partial charge in [0, 0.05) is 38.3 Å². The van der Waals surface area contributed by atoms with Crippen molar-refractivity contribution in [3.05, 3.63) is 71.0 Å². The number of piperazine rings is 1. The van der Waals surface area contributed by atoms with Gasteiger partial charge < -0.3 is 10.2 Å². The number of hydrogen-bond donors (Lipinski definition) is 1. The van der Waals surface area contributed by atoms with Gasteiger partial charge in [0.15, 0.2) is 0 Å². The lowest BCUT2D eigenvalue weighted by Crippen LogP contribution is -2.48. The first kappa shape index (κ1) is 17.7. The third-order valence-corrected chi connectivity index (χ3v) is 5.29. The number of rotatable bonds is 4. The Morgan fingerprint density at radius 3 is 2.63 bits per heavy atom. The van der Waals surface area contributed by atoms with Crippen LogP contribution in [0, 0.1) is 5.82 Å². The third kappa shape index (κ3) is 3.85. The zero-order valence-electron chi connectivity index (χ0n) is 15.0. The fraction of sp³-hybridized carbons (Fsp3) is 0.333. The predicted octanol–water partition coefficient (Wildman–Crippen LogP) is 2.34. The summed E-state index contributed by atoms with van der Waals surface area (Å²) in [6.45, 7) is 3.50. The first-order valence-electron chi connectivity index (χ1n) is 9.24. The molecule has 2 aliphatic rings. The van der Waals surface area contributed by atoms with Crippen molar-refractivity contribution in [2.24, 2.45) is 0 Å². The lowest BCUT2D eigenvalue weighted by atomic mass is 10.0. The van der Waals surface area contributed by atoms with E-state index in [4.69, 9.17) is 0 Å². The SMILES string of the molecule is O=C1N[C@H](CC(=O)N2CCN(Cc3cccc(F)c3)CC2)c2ccccc21. The Labute approximate surface area is 157 Å². The van der Waals surface area contributed by atoms with Gasteiger partial charge in [0.05, 0.1) is 12.5 Å². The number of fused-ring (bicyclic) bond motifs is 1. The van der Waals surface area contributed by atoms with E-state index in [0.717, 1.165) is 24.2 Å². The van der Waals surface area contributed by atoms with Gasteiger partial charge in [0.1, 0.15) is 5.82 Å². The normalized spacial score (nSPS) is 19.7. The maximum absolute atomic E-state index is 13.3. The molecule has 6 heteroatoms. The summed E-state index contributed by atoms with van der Waals surface area (Å²) in [5, 5.41) is 2.90. The van der Waals surface area contributed by atoms with Crippen LogP contribution < -0.4 is 5.32 Å². The van der Waals surface area contributed by atoms with Crippen LogP contribution in [-0.2, 0) is 11.3 Å². The highest BCUT2D eigenvalue weighted by molar-refractivity contribution is 5.99. The van der Waals surface area contributed by atoms with E-state index in [1.807, 2.05) is 29.2 Å². The van der Waals surface area contributed by atoms with Crippen molar-refractivity contribution in [1.82, 2.24) is 15.1 Å². The molecule has 2 heterocycles. The minimum absolute atomic E-state index is 0.0578. The van der Waals surface area contributed by atoms with Crippen molar-refractivity contribution >= 4 is 11.8 Å². The second-order valence-electron chi connectivity index (χ2n) is 7.10. The molecule has 1 atom stereocenters. The monoisotopic (exact) mass is 367 g/mol. The van der Waals surface area contributed by atoms with Crippen molar-refractivity contribution in [3.8, 4) is 0 Å². The lowest BCUT2D eigenvalue weighted by Gasteiger charge is -2.35. The molecule has 1 fully saturated rings. The minimum Gasteiger partial charge on any atom is -0.345 e. The van der Waals surface area contributed by atoms with Gasteiger partial charge in [-0.15, -0.1) is 0 Å². The molecular formula is C21H22FN3O2. The van der Waals surface area contributed by atoms with Crippen LogP contribution in [0.5, 0.6) is 0 Å². The molecule has 0 radical (unpaired) electrons. The zero-order valence-corrected chi connectivity index (χ0v) is 15.0. The number of carbonyl (C=O) groups excluding carboxylic acids is 2. The van der Waals surface area contributed by atoms with E-state index in [-0.39, 0.29) is 30.1 Å². The van der Waals surface area contributed by atoms with E-state index < -0.39 is 0 Å². The molecule has 5 nitrogen and oxygen atoms in total. The van der Waals surface area contributed by atoms with Gasteiger partial charge in [0.25, 0.3) is 5.91 Å². The highest BCUT2D eigenvalue weighted by Gasteiger charge is 2.31. The number of nitrogens with zero attached hydrogens (tertiary/aromatic N) is 2. The Bertz CT molecular complexity index is 862. The van der Waals surface area contributed by atoms with Gasteiger partial charge in [-0.3, -0.25) is 14.5 Å². The Balaban J connectivity index is 1.31. The summed E-state index contributed by atoms with van der Waals surface area (Å²) in [5.41, 5.74) is 2.51. The van der Waals surface area contributed by atoms with Crippen LogP contribution in [0.25, 0.3) is 0 Å². The van der Waals surface area contributed by atoms with Crippen molar-refractivity contribution < 1.29 is 14.0 Å². The van der Waals surface area contributed by atoms with E-state index in [0.29, 0.717) is 25.2 Å². The molecule has 0 spiro atoms. The molecule has 4 rings (SSSR count). The maximum Gasteiger partial charge on any atom is 0.252 e. The topological polar surface area (TPSA) is 52.7 Å². The maximum atomic E-state index is 13.3. The standard InChI is InChI=1S/C21H22FN3O2/c22-16-5-3-4-15(12-16)14-24-8-10-25(11-9-24)20(26)13-19-17-6-1-2-7-18(17)21(27)23-19/h1-7,12,19H,8-11,13-14H2,(H,23,27)/t19-/m1/s1. The molecule has 140 valence electrons. The summed E-state index contributed by atoms with van der Waals surface area (Å²) in [6, 6.07) is 13.8. The van der Waals surface area contributed by atoms with Crippen LogP contribution >= 0.6 is 0 Å². The Kier molecular flexibility index (Phi) is 4.90. The van der Waals surface area contributed by atoms with E-state index >= 15 is 0 Å². The van der Waals surface area contributed by atoms with Crippen LogP contribution in [0.2, 0.25) is 0 Å². The molecule has 0 saturated carbocycles. The lowest BCUT2D eigenvalue weighted by molar-refractivity contribution is -0.133. The molecule has 0 aromatic heterocycles. The Morgan fingerprint density at radius 1 is 1.07 bits per heavy atom. The van der Waals surface area contributed by atoms with E-state index in [1.165, 1.54) is 6.07 Å². The van der Waals surface area contributed by atoms with Gasteiger partial charge in [-0.25, -0.2) is 4.39 Å². The van der Waals surface area contributed by atoms with Gasteiger partial charge >= 0.3 is 0 Å². The highest BCUT2D eigenvalue weighted by atomic mass is 19.1. The molecule has 1 saturated heterocycles. The van der Waals surface area contributed by atoms with Gasteiger partial charge in [-0.1, -0.05) is 30.3 Å². The Morgan fingerprint density at radius 2 is 1.85 bits per heavy atom. The van der Waals surface area contributed by atoms with E-state index in [2.05, 4.69) is 10.2 Å². The number of nitrogens with one attached hydrogen (secondary N) is 1. The first-order chi connectivity index (χ1) is 13.1. The summed E-state index contributed by atoms with van der Waals surface area (Å²) in [4.78, 5) is 28.8. The van der Waals surface area contributed by atoms with Gasteiger partial charge in [-0.2, -0.15) is 0 Å². The summed E-state index contributed by atoms with van der Waals surface area (Å²) < 4.78 is 13.3. The number of hydrogen-bond acceptors (Lipinski definition) is 3. The molecule has 0 aliphatic carbocycles. The van der Waals surface area contributed by atoms with Gasteiger partial charge in [-0.05, 0) is 29.3 Å². The summed E-state index contributed by atoms with van der Waals surface area (Å²) in [7, 11) is 0. The molecule has 2 aromatic carbocycles. The molecular weight excluding hydrogens is 345 g/mol. The smallest absolute Gasteiger partial charge is 0.252 e. The highest BCUT2D eigenvalue weighted by Crippen LogP contribution is 2.28. The molecule has 2 amide bonds. The molecule has 2 aromatic rings. The summed E-state index contributed by atoms with van der Waals surface area (Å²) in [6.07, 6.45) is 0.284. The van der Waals surface area contributed by atoms with Crippen molar-refractivity contribution in [2.45, 2.75) is 19.0 Å². The average Bonchev–Trinajstić information content (AvgIpc) is 2.98. The van der Waals surface area contributed by atoms with Crippen LogP contribution in [0.15, 0.2) is 48.5 Å². The van der Waals surface area contributed by atoms with Crippen LogP contribution in [0.3, 0.4) is 0 Å². The van der Waals surface area contributed by atoms with Crippen molar-refractivity contribution in [1.29, 1.82) is 0 Å². The molecule has 2 aliphatic heterocycles. The minimum atomic E-state index is -0.244. The first-order valence-corrected chi connectivity index (χ1v) is 9.24. The average molecular weight is 367 g/mol. The van der Waals surface area contributed by atoms with Gasteiger partial charge in [0.2, 0.25) is 5.91 Å². The van der Waals surface area contributed by atoms with E-state index in [1.54, 1.807) is 18.2 Å². The zero-order chi connectivity index (χ0) is 18.8. The fourth-order valence-corrected chi connectivity index (χ4v) is 3.84. The number of amides is 2. The van der Waals surface area contributed by atoms with Crippen molar-refractivity contribution in [3.63, 3.8) is 0 Å². The van der Waals surface area contributed by atoms with Crippen molar-refractivity contribution in [2.75, 3.05) is 26.2 Å². The molecule has 0 bridgehead atoms. The largest absolute Gasteiger partial charge is 0.345 e. The number of carbonyl (C=O) groups is 2. The molecule has 27 heavy (non-hydrogen) atoms. The fourth-order valence-electron chi connectivity index (χ4n) is 3.84. The quantitative estimate of drug-likeness (QED) is 0.903. The second kappa shape index (κ2) is 7.48. The molecule has 0 unspecified atom stereocenters. The van der Waals surface area contributed by atoms with Crippen LogP contribution in [0.1, 0.15) is 33.9 Å². The number of halogens is 1. The predicted molar refractivity (Wildman–Crippen MR) is 99.5 cm³/mol. The third-order valence-electron chi connectivity index (χ3n) is 5.29.